The van der Waals surface area contributed by atoms with E-state index in [1.807, 2.05) is 61.5 Å². The van der Waals surface area contributed by atoms with Crippen molar-refractivity contribution in [1.29, 1.82) is 0 Å². The van der Waals surface area contributed by atoms with Gasteiger partial charge < -0.3 is 14.1 Å². The van der Waals surface area contributed by atoms with Gasteiger partial charge in [0.25, 0.3) is 0 Å². The molecule has 1 N–H and O–H groups in total. The Morgan fingerprint density at radius 2 is 1.66 bits per heavy atom. The minimum Gasteiger partial charge on any atom is -0.480 e. The molecule has 0 saturated heterocycles. The average Bonchev–Trinajstić information content (AvgIpc) is 3.44. The lowest BCUT2D eigenvalue weighted by atomic mass is 10.0. The Kier molecular flexibility index (Phi) is 6.52. The number of aromatic nitrogens is 2. The Balaban J connectivity index is 1.37. The Morgan fingerprint density at radius 1 is 1.00 bits per heavy atom. The summed E-state index contributed by atoms with van der Waals surface area (Å²) in [5.74, 6) is 0.644. The molecule has 4 rings (SSSR count). The molecule has 4 aromatic rings. The molecule has 2 heterocycles. The molecule has 0 aliphatic rings. The van der Waals surface area contributed by atoms with Crippen LogP contribution in [0.4, 0.5) is 0 Å². The maximum Gasteiger partial charge on any atom is 0.327 e. The number of carboxylic acid groups (broad SMARTS) is 1. The highest BCUT2D eigenvalue weighted by molar-refractivity contribution is 5.72. The molecule has 2 aromatic heterocycles. The predicted octanol–water partition coefficient (Wildman–Crippen LogP) is 4.95. The standard InChI is InChI=1S/C26H27N3O3/c1-19-23(27-25(32-19)22-8-4-3-5-9-22)18-28(2)17-21-12-10-20(11-13-21)16-24(26(30)31)29-14-6-7-15-29/h3-15,24H,16-18H2,1-2H3,(H,30,31). The van der Waals surface area contributed by atoms with Crippen molar-refractivity contribution in [2.75, 3.05) is 7.05 Å². The van der Waals surface area contributed by atoms with E-state index in [4.69, 9.17) is 4.42 Å². The molecule has 0 aliphatic carbocycles. The second-order valence-corrected chi connectivity index (χ2v) is 8.07. The number of oxazole rings is 1. The highest BCUT2D eigenvalue weighted by Crippen LogP contribution is 2.23. The molecule has 0 saturated carbocycles. The van der Waals surface area contributed by atoms with Crippen molar-refractivity contribution in [1.82, 2.24) is 14.5 Å². The van der Waals surface area contributed by atoms with Crippen LogP contribution >= 0.6 is 0 Å². The van der Waals surface area contributed by atoms with Crippen LogP contribution in [-0.2, 0) is 24.3 Å². The van der Waals surface area contributed by atoms with Crippen LogP contribution in [-0.4, -0.2) is 32.6 Å². The Hall–Kier alpha value is -3.64. The predicted molar refractivity (Wildman–Crippen MR) is 123 cm³/mol. The van der Waals surface area contributed by atoms with Gasteiger partial charge >= 0.3 is 5.97 Å². The molecule has 6 nitrogen and oxygen atoms in total. The summed E-state index contributed by atoms with van der Waals surface area (Å²) in [6, 6.07) is 21.1. The highest BCUT2D eigenvalue weighted by atomic mass is 16.4. The van der Waals surface area contributed by atoms with Crippen LogP contribution in [0.15, 0.2) is 83.5 Å². The molecular weight excluding hydrogens is 402 g/mol. The maximum absolute atomic E-state index is 11.7. The summed E-state index contributed by atoms with van der Waals surface area (Å²) in [6.07, 6.45) is 4.02. The van der Waals surface area contributed by atoms with Crippen molar-refractivity contribution in [3.05, 3.63) is 102 Å². The number of benzene rings is 2. The number of rotatable bonds is 9. The first-order chi connectivity index (χ1) is 15.5. The molecule has 0 bridgehead atoms. The second kappa shape index (κ2) is 9.66. The van der Waals surface area contributed by atoms with Crippen LogP contribution < -0.4 is 0 Å². The van der Waals surface area contributed by atoms with E-state index in [0.717, 1.165) is 34.7 Å². The second-order valence-electron chi connectivity index (χ2n) is 8.07. The summed E-state index contributed by atoms with van der Waals surface area (Å²) in [5, 5.41) is 9.58. The molecule has 0 amide bonds. The SMILES string of the molecule is Cc1oc(-c2ccccc2)nc1CN(C)Cc1ccc(CC(C(=O)O)n2cccc2)cc1. The van der Waals surface area contributed by atoms with Gasteiger partial charge in [0, 0.05) is 37.5 Å². The fourth-order valence-corrected chi connectivity index (χ4v) is 3.78. The van der Waals surface area contributed by atoms with Crippen LogP contribution in [0.25, 0.3) is 11.5 Å². The Labute approximate surface area is 187 Å². The Morgan fingerprint density at radius 3 is 2.31 bits per heavy atom. The molecule has 0 aliphatic heterocycles. The number of aliphatic carboxylic acids is 1. The van der Waals surface area contributed by atoms with Crippen molar-refractivity contribution in [2.24, 2.45) is 0 Å². The van der Waals surface area contributed by atoms with Gasteiger partial charge in [0.05, 0.1) is 5.69 Å². The monoisotopic (exact) mass is 429 g/mol. The smallest absolute Gasteiger partial charge is 0.327 e. The number of carboxylic acids is 1. The van der Waals surface area contributed by atoms with Crippen molar-refractivity contribution in [3.8, 4) is 11.5 Å². The van der Waals surface area contributed by atoms with Crippen molar-refractivity contribution in [3.63, 3.8) is 0 Å². The van der Waals surface area contributed by atoms with Crippen LogP contribution in [0, 0.1) is 6.92 Å². The van der Waals surface area contributed by atoms with E-state index < -0.39 is 12.0 Å². The number of carbonyl (C=O) groups is 1. The largest absolute Gasteiger partial charge is 0.480 e. The van der Waals surface area contributed by atoms with Gasteiger partial charge in [0.2, 0.25) is 5.89 Å². The fraction of sp³-hybridized carbons (Fsp3) is 0.231. The molecule has 1 unspecified atom stereocenters. The van der Waals surface area contributed by atoms with E-state index in [-0.39, 0.29) is 0 Å². The van der Waals surface area contributed by atoms with Gasteiger partial charge in [-0.05, 0) is 49.4 Å². The van der Waals surface area contributed by atoms with E-state index in [0.29, 0.717) is 18.9 Å². The van der Waals surface area contributed by atoms with Crippen molar-refractivity contribution >= 4 is 5.97 Å². The molecule has 32 heavy (non-hydrogen) atoms. The van der Waals surface area contributed by atoms with Gasteiger partial charge in [0.1, 0.15) is 11.8 Å². The quantitative estimate of drug-likeness (QED) is 0.408. The topological polar surface area (TPSA) is 71.5 Å². The van der Waals surface area contributed by atoms with Crippen LogP contribution in [0.5, 0.6) is 0 Å². The summed E-state index contributed by atoms with van der Waals surface area (Å²) in [5.41, 5.74) is 4.06. The third-order valence-electron chi connectivity index (χ3n) is 5.51. The molecule has 0 spiro atoms. The van der Waals surface area contributed by atoms with Crippen molar-refractivity contribution in [2.45, 2.75) is 32.5 Å². The van der Waals surface area contributed by atoms with E-state index in [2.05, 4.69) is 29.1 Å². The lowest BCUT2D eigenvalue weighted by Gasteiger charge is -2.17. The van der Waals surface area contributed by atoms with Gasteiger partial charge in [0.15, 0.2) is 0 Å². The van der Waals surface area contributed by atoms with Gasteiger partial charge in [-0.1, -0.05) is 42.5 Å². The number of hydrogen-bond donors (Lipinski definition) is 1. The third kappa shape index (κ3) is 5.15. The van der Waals surface area contributed by atoms with Crippen LogP contribution in [0.1, 0.15) is 28.6 Å². The normalized spacial score (nSPS) is 12.2. The minimum absolute atomic E-state index is 0.445. The van der Waals surface area contributed by atoms with Crippen LogP contribution in [0.3, 0.4) is 0 Å². The third-order valence-corrected chi connectivity index (χ3v) is 5.51. The van der Waals surface area contributed by atoms with Crippen LogP contribution in [0.2, 0.25) is 0 Å². The minimum atomic E-state index is -0.831. The highest BCUT2D eigenvalue weighted by Gasteiger charge is 2.19. The number of aryl methyl sites for hydroxylation is 1. The number of hydrogen-bond acceptors (Lipinski definition) is 4. The summed E-state index contributed by atoms with van der Waals surface area (Å²) < 4.78 is 7.60. The maximum atomic E-state index is 11.7. The first-order valence-corrected chi connectivity index (χ1v) is 10.6. The van der Waals surface area contributed by atoms with E-state index in [9.17, 15) is 9.90 Å². The summed E-state index contributed by atoms with van der Waals surface area (Å²) in [6.45, 7) is 3.38. The molecular formula is C26H27N3O3. The zero-order chi connectivity index (χ0) is 22.5. The first-order valence-electron chi connectivity index (χ1n) is 10.6. The van der Waals surface area contributed by atoms with Gasteiger partial charge in [-0.3, -0.25) is 4.90 Å². The average molecular weight is 430 g/mol. The van der Waals surface area contributed by atoms with Crippen molar-refractivity contribution < 1.29 is 14.3 Å². The van der Waals surface area contributed by atoms with Gasteiger partial charge in [-0.2, -0.15) is 0 Å². The lowest BCUT2D eigenvalue weighted by molar-refractivity contribution is -0.140. The lowest BCUT2D eigenvalue weighted by Crippen LogP contribution is -2.20. The molecule has 0 fully saturated rings. The molecule has 1 atom stereocenters. The summed E-state index contributed by atoms with van der Waals surface area (Å²) in [4.78, 5) is 18.5. The van der Waals surface area contributed by atoms with Gasteiger partial charge in [-0.25, -0.2) is 9.78 Å². The fourth-order valence-electron chi connectivity index (χ4n) is 3.78. The van der Waals surface area contributed by atoms with E-state index in [1.54, 1.807) is 17.0 Å². The molecule has 164 valence electrons. The molecule has 2 aromatic carbocycles. The number of nitrogens with zero attached hydrogens (tertiary/aromatic N) is 3. The summed E-state index contributed by atoms with van der Waals surface area (Å²) in [7, 11) is 2.05. The van der Waals surface area contributed by atoms with E-state index >= 15 is 0 Å². The van der Waals surface area contributed by atoms with Gasteiger partial charge in [-0.15, -0.1) is 0 Å². The molecule has 0 radical (unpaired) electrons. The first kappa shape index (κ1) is 21.6. The zero-order valence-corrected chi connectivity index (χ0v) is 18.3. The Bertz CT molecular complexity index is 1150. The van der Waals surface area contributed by atoms with E-state index in [1.165, 1.54) is 0 Å². The summed E-state index contributed by atoms with van der Waals surface area (Å²) >= 11 is 0. The molecule has 6 heteroatoms. The zero-order valence-electron chi connectivity index (χ0n) is 18.3.